The van der Waals surface area contributed by atoms with Crippen molar-refractivity contribution in [3.05, 3.63) is 59.2 Å². The molecule has 0 radical (unpaired) electrons. The first-order valence-electron chi connectivity index (χ1n) is 8.86. The molecule has 30 heavy (non-hydrogen) atoms. The molecule has 1 fully saturated rings. The number of esters is 1. The van der Waals surface area contributed by atoms with Gasteiger partial charge >= 0.3 is 5.97 Å². The highest BCUT2D eigenvalue weighted by Crippen LogP contribution is 2.30. The van der Waals surface area contributed by atoms with Crippen LogP contribution in [-0.2, 0) is 27.2 Å². The maximum Gasteiger partial charge on any atom is 0.322 e. The maximum atomic E-state index is 14.4. The second kappa shape index (κ2) is 9.23. The summed E-state index contributed by atoms with van der Waals surface area (Å²) >= 11 is 0.920. The average molecular weight is 436 g/mol. The zero-order valence-corrected chi connectivity index (χ0v) is 16.6. The van der Waals surface area contributed by atoms with Crippen molar-refractivity contribution in [1.29, 1.82) is 0 Å². The van der Waals surface area contributed by atoms with Gasteiger partial charge in [-0.05, 0) is 48.2 Å². The van der Waals surface area contributed by atoms with Gasteiger partial charge in [-0.2, -0.15) is 0 Å². The van der Waals surface area contributed by atoms with Crippen LogP contribution in [0.3, 0.4) is 0 Å². The van der Waals surface area contributed by atoms with E-state index in [2.05, 4.69) is 10.1 Å². The highest BCUT2D eigenvalue weighted by Gasteiger charge is 2.31. The number of thioether (sulfide) groups is 1. The van der Waals surface area contributed by atoms with E-state index in [4.69, 9.17) is 10.5 Å². The molecule has 1 saturated heterocycles. The Kier molecular flexibility index (Phi) is 6.68. The van der Waals surface area contributed by atoms with Crippen LogP contribution in [0.5, 0.6) is 11.5 Å². The van der Waals surface area contributed by atoms with Crippen LogP contribution >= 0.6 is 11.8 Å². The minimum atomic E-state index is -1.04. The fourth-order valence-corrected chi connectivity index (χ4v) is 3.73. The molecule has 3 N–H and O–H groups in total. The average Bonchev–Trinajstić information content (AvgIpc) is 3.02. The number of carbonyl (C=O) groups excluding carboxylic acids is 3. The van der Waals surface area contributed by atoms with Gasteiger partial charge in [0.15, 0.2) is 17.4 Å². The van der Waals surface area contributed by atoms with Gasteiger partial charge in [-0.25, -0.2) is 8.78 Å². The summed E-state index contributed by atoms with van der Waals surface area (Å²) in [6.07, 6.45) is 0.241. The van der Waals surface area contributed by atoms with Crippen LogP contribution in [-0.4, -0.2) is 35.5 Å². The largest absolute Gasteiger partial charge is 0.468 e. The molecule has 1 aliphatic rings. The lowest BCUT2D eigenvalue weighted by Crippen LogP contribution is -2.33. The molecule has 2 atom stereocenters. The summed E-state index contributed by atoms with van der Waals surface area (Å²) in [4.78, 5) is 34.2. The Bertz CT molecular complexity index is 961. The second-order valence-electron chi connectivity index (χ2n) is 6.56. The van der Waals surface area contributed by atoms with Crippen LogP contribution < -0.4 is 15.8 Å². The number of nitrogens with two attached hydrogens (primary N) is 1. The van der Waals surface area contributed by atoms with Gasteiger partial charge in [0.05, 0.1) is 12.4 Å². The van der Waals surface area contributed by atoms with Crippen molar-refractivity contribution in [3.63, 3.8) is 0 Å². The molecule has 2 amide bonds. The number of ether oxygens (including phenoxy) is 2. The minimum absolute atomic E-state index is 0.0925. The van der Waals surface area contributed by atoms with Crippen molar-refractivity contribution >= 4 is 28.9 Å². The van der Waals surface area contributed by atoms with Gasteiger partial charge < -0.3 is 15.2 Å². The molecule has 3 rings (SSSR count). The standard InChI is InChI=1S/C20H18F2N2O5S/c1-28-19(26)15(23)8-11-6-13(21)17(14(22)7-11)29-12-4-2-10(3-5-12)9-16-18(25)24-20(27)30-16/h2-7,15-16H,8-9,23H2,1H3,(H,24,25,27). The molecule has 0 aliphatic carbocycles. The van der Waals surface area contributed by atoms with Crippen LogP contribution in [0.15, 0.2) is 36.4 Å². The normalized spacial score (nSPS) is 16.9. The van der Waals surface area contributed by atoms with Gasteiger partial charge in [0.25, 0.3) is 5.24 Å². The Morgan fingerprint density at radius 2 is 1.80 bits per heavy atom. The first kappa shape index (κ1) is 21.7. The number of benzene rings is 2. The monoisotopic (exact) mass is 436 g/mol. The Balaban J connectivity index is 1.68. The van der Waals surface area contributed by atoms with Crippen molar-refractivity contribution in [2.45, 2.75) is 24.1 Å². The molecule has 2 aromatic rings. The van der Waals surface area contributed by atoms with Gasteiger partial charge in [-0.15, -0.1) is 0 Å². The van der Waals surface area contributed by atoms with E-state index >= 15 is 0 Å². The number of amides is 2. The zero-order chi connectivity index (χ0) is 21.8. The summed E-state index contributed by atoms with van der Waals surface area (Å²) in [5, 5.41) is 1.32. The molecule has 0 bridgehead atoms. The quantitative estimate of drug-likeness (QED) is 0.643. The first-order valence-corrected chi connectivity index (χ1v) is 9.74. The maximum absolute atomic E-state index is 14.4. The van der Waals surface area contributed by atoms with Crippen molar-refractivity contribution < 1.29 is 32.6 Å². The molecular formula is C20H18F2N2O5S. The fraction of sp³-hybridized carbons (Fsp3) is 0.250. The molecule has 0 spiro atoms. The van der Waals surface area contributed by atoms with Crippen LogP contribution in [0.4, 0.5) is 13.6 Å². The third kappa shape index (κ3) is 5.14. The van der Waals surface area contributed by atoms with Crippen LogP contribution in [0.1, 0.15) is 11.1 Å². The Morgan fingerprint density at radius 3 is 2.33 bits per heavy atom. The number of rotatable bonds is 7. The van der Waals surface area contributed by atoms with E-state index in [1.54, 1.807) is 12.1 Å². The smallest absolute Gasteiger partial charge is 0.322 e. The molecule has 2 unspecified atom stereocenters. The lowest BCUT2D eigenvalue weighted by atomic mass is 10.1. The lowest BCUT2D eigenvalue weighted by Gasteiger charge is -2.13. The molecule has 158 valence electrons. The number of hydrogen-bond donors (Lipinski definition) is 2. The van der Waals surface area contributed by atoms with Gasteiger partial charge in [-0.1, -0.05) is 23.9 Å². The fourth-order valence-electron chi connectivity index (χ4n) is 2.87. The van der Waals surface area contributed by atoms with Gasteiger partial charge in [0, 0.05) is 0 Å². The van der Waals surface area contributed by atoms with Crippen molar-refractivity contribution in [2.75, 3.05) is 7.11 Å². The van der Waals surface area contributed by atoms with E-state index in [-0.39, 0.29) is 28.9 Å². The molecule has 7 nitrogen and oxygen atoms in total. The molecule has 0 aromatic heterocycles. The summed E-state index contributed by atoms with van der Waals surface area (Å²) in [5.74, 6) is -3.31. The molecule has 0 saturated carbocycles. The number of methoxy groups -OCH3 is 1. The molecular weight excluding hydrogens is 418 g/mol. The molecule has 2 aromatic carbocycles. The van der Waals surface area contributed by atoms with Crippen molar-refractivity contribution in [2.24, 2.45) is 5.73 Å². The summed E-state index contributed by atoms with van der Waals surface area (Å²) in [6.45, 7) is 0. The van der Waals surface area contributed by atoms with E-state index in [0.29, 0.717) is 6.42 Å². The molecule has 10 heteroatoms. The van der Waals surface area contributed by atoms with E-state index in [1.807, 2.05) is 0 Å². The number of hydrogen-bond acceptors (Lipinski definition) is 7. The summed E-state index contributed by atoms with van der Waals surface area (Å²) in [6, 6.07) is 7.36. The SMILES string of the molecule is COC(=O)C(N)Cc1cc(F)c(Oc2ccc(CC3SC(=O)NC3=O)cc2)c(F)c1. The number of carbonyl (C=O) groups is 3. The summed E-state index contributed by atoms with van der Waals surface area (Å²) in [7, 11) is 1.17. The molecule has 1 heterocycles. The predicted octanol–water partition coefficient (Wildman–Crippen LogP) is 2.69. The third-order valence-electron chi connectivity index (χ3n) is 4.35. The van der Waals surface area contributed by atoms with Crippen molar-refractivity contribution in [1.82, 2.24) is 5.32 Å². The summed E-state index contributed by atoms with van der Waals surface area (Å²) < 4.78 is 38.5. The predicted molar refractivity (Wildman–Crippen MR) is 105 cm³/mol. The van der Waals surface area contributed by atoms with Crippen molar-refractivity contribution in [3.8, 4) is 11.5 Å². The topological polar surface area (TPSA) is 108 Å². The second-order valence-corrected chi connectivity index (χ2v) is 7.73. The molecule has 1 aliphatic heterocycles. The first-order chi connectivity index (χ1) is 14.3. The van der Waals surface area contributed by atoms with Crippen LogP contribution in [0.25, 0.3) is 0 Å². The van der Waals surface area contributed by atoms with E-state index in [1.165, 1.54) is 19.2 Å². The zero-order valence-electron chi connectivity index (χ0n) is 15.8. The Morgan fingerprint density at radius 1 is 1.17 bits per heavy atom. The van der Waals surface area contributed by atoms with Crippen LogP contribution in [0, 0.1) is 11.6 Å². The Labute approximate surface area is 174 Å². The lowest BCUT2D eigenvalue weighted by molar-refractivity contribution is -0.142. The number of halogens is 2. The van der Waals surface area contributed by atoms with Crippen LogP contribution in [0.2, 0.25) is 0 Å². The van der Waals surface area contributed by atoms with Gasteiger partial charge in [0.2, 0.25) is 5.91 Å². The minimum Gasteiger partial charge on any atom is -0.468 e. The van der Waals surface area contributed by atoms with Gasteiger partial charge in [-0.3, -0.25) is 19.7 Å². The number of nitrogens with one attached hydrogen (secondary N) is 1. The van der Waals surface area contributed by atoms with E-state index < -0.39 is 34.6 Å². The van der Waals surface area contributed by atoms with Gasteiger partial charge in [0.1, 0.15) is 11.8 Å². The summed E-state index contributed by atoms with van der Waals surface area (Å²) in [5.41, 5.74) is 6.56. The third-order valence-corrected chi connectivity index (χ3v) is 5.33. The van der Waals surface area contributed by atoms with E-state index in [9.17, 15) is 23.2 Å². The van der Waals surface area contributed by atoms with E-state index in [0.717, 1.165) is 29.5 Å². The highest BCUT2D eigenvalue weighted by molar-refractivity contribution is 8.15. The Hall–Kier alpha value is -2.98. The number of imide groups is 1. The highest BCUT2D eigenvalue weighted by atomic mass is 32.2.